The number of aliphatic hydroxyl groups is 1. The largest absolute Gasteiger partial charge is 0.394 e. The predicted octanol–water partition coefficient (Wildman–Crippen LogP) is 1.93. The predicted molar refractivity (Wildman–Crippen MR) is 68.1 cm³/mol. The zero-order valence-electron chi connectivity index (χ0n) is 10.7. The number of hydrogen-bond donors (Lipinski definition) is 2. The van der Waals surface area contributed by atoms with Crippen molar-refractivity contribution < 1.29 is 5.11 Å². The van der Waals surface area contributed by atoms with Gasteiger partial charge in [-0.25, -0.2) is 9.97 Å². The molecule has 0 saturated carbocycles. The van der Waals surface area contributed by atoms with E-state index in [0.29, 0.717) is 0 Å². The average molecular weight is 235 g/mol. The molecule has 1 aromatic rings. The van der Waals surface area contributed by atoms with E-state index in [1.54, 1.807) is 6.33 Å². The second-order valence-corrected chi connectivity index (χ2v) is 4.77. The van der Waals surface area contributed by atoms with Gasteiger partial charge < -0.3 is 10.4 Å². The third-order valence-corrected chi connectivity index (χ3v) is 3.91. The molecule has 1 aromatic heterocycles. The van der Waals surface area contributed by atoms with Crippen LogP contribution >= 0.6 is 0 Å². The number of nitrogens with zero attached hydrogens (tertiary/aromatic N) is 2. The van der Waals surface area contributed by atoms with Gasteiger partial charge in [0, 0.05) is 11.3 Å². The van der Waals surface area contributed by atoms with Gasteiger partial charge in [-0.05, 0) is 32.1 Å². The van der Waals surface area contributed by atoms with Crippen LogP contribution < -0.4 is 5.32 Å². The van der Waals surface area contributed by atoms with Crippen molar-refractivity contribution in [3.8, 4) is 0 Å². The fourth-order valence-electron chi connectivity index (χ4n) is 2.41. The van der Waals surface area contributed by atoms with Crippen LogP contribution in [0.15, 0.2) is 6.33 Å². The molecule has 0 amide bonds. The number of nitrogens with one attached hydrogen (secondary N) is 1. The topological polar surface area (TPSA) is 58.0 Å². The number of aryl methyl sites for hydroxylation is 1. The lowest BCUT2D eigenvalue weighted by Gasteiger charge is -2.32. The van der Waals surface area contributed by atoms with Gasteiger partial charge in [0.1, 0.15) is 12.1 Å². The van der Waals surface area contributed by atoms with Gasteiger partial charge in [-0.2, -0.15) is 0 Å². The van der Waals surface area contributed by atoms with Crippen molar-refractivity contribution in [1.82, 2.24) is 9.97 Å². The molecule has 0 saturated heterocycles. The van der Waals surface area contributed by atoms with Gasteiger partial charge in [0.15, 0.2) is 0 Å². The van der Waals surface area contributed by atoms with Crippen molar-refractivity contribution in [3.63, 3.8) is 0 Å². The van der Waals surface area contributed by atoms with E-state index in [0.717, 1.165) is 37.9 Å². The van der Waals surface area contributed by atoms with Gasteiger partial charge in [-0.1, -0.05) is 13.8 Å². The lowest BCUT2D eigenvalue weighted by Crippen LogP contribution is -2.41. The average Bonchev–Trinajstić information content (AvgIpc) is 2.85. The molecule has 0 radical (unpaired) electrons. The number of aliphatic hydroxyl groups excluding tert-OH is 1. The van der Waals surface area contributed by atoms with E-state index in [1.165, 1.54) is 11.3 Å². The summed E-state index contributed by atoms with van der Waals surface area (Å²) in [6, 6.07) is 0. The maximum atomic E-state index is 9.58. The zero-order valence-corrected chi connectivity index (χ0v) is 10.7. The summed E-state index contributed by atoms with van der Waals surface area (Å²) < 4.78 is 0. The van der Waals surface area contributed by atoms with Crippen molar-refractivity contribution in [2.45, 2.75) is 51.5 Å². The van der Waals surface area contributed by atoms with Gasteiger partial charge in [-0.3, -0.25) is 0 Å². The summed E-state index contributed by atoms with van der Waals surface area (Å²) in [5, 5.41) is 13.0. The third kappa shape index (κ3) is 2.27. The molecule has 0 aromatic carbocycles. The summed E-state index contributed by atoms with van der Waals surface area (Å²) in [6.07, 6.45) is 6.66. The molecule has 17 heavy (non-hydrogen) atoms. The Bertz CT molecular complexity index is 380. The molecule has 1 aliphatic rings. The quantitative estimate of drug-likeness (QED) is 0.818. The summed E-state index contributed by atoms with van der Waals surface area (Å²) >= 11 is 0. The second kappa shape index (κ2) is 5.00. The van der Waals surface area contributed by atoms with Crippen LogP contribution in [0.2, 0.25) is 0 Å². The SMILES string of the molecule is CCC(CC)(CO)Nc1ncnc2c1CCC2. The van der Waals surface area contributed by atoms with Gasteiger partial charge in [-0.15, -0.1) is 0 Å². The summed E-state index contributed by atoms with van der Waals surface area (Å²) in [5.41, 5.74) is 2.17. The number of fused-ring (bicyclic) bond motifs is 1. The Morgan fingerprint density at radius 2 is 2.06 bits per heavy atom. The minimum atomic E-state index is -0.245. The van der Waals surface area contributed by atoms with Crippen molar-refractivity contribution in [2.75, 3.05) is 11.9 Å². The summed E-state index contributed by atoms with van der Waals surface area (Å²) in [6.45, 7) is 4.32. The van der Waals surface area contributed by atoms with Crippen LogP contribution in [-0.4, -0.2) is 27.2 Å². The molecule has 0 aliphatic heterocycles. The third-order valence-electron chi connectivity index (χ3n) is 3.91. The molecule has 0 bridgehead atoms. The van der Waals surface area contributed by atoms with Crippen LogP contribution in [0.1, 0.15) is 44.4 Å². The highest BCUT2D eigenvalue weighted by molar-refractivity contribution is 5.49. The molecule has 0 atom stereocenters. The molecule has 0 fully saturated rings. The minimum absolute atomic E-state index is 0.138. The Kier molecular flexibility index (Phi) is 3.62. The monoisotopic (exact) mass is 235 g/mol. The van der Waals surface area contributed by atoms with Crippen molar-refractivity contribution in [2.24, 2.45) is 0 Å². The van der Waals surface area contributed by atoms with E-state index in [1.807, 2.05) is 0 Å². The van der Waals surface area contributed by atoms with E-state index in [-0.39, 0.29) is 12.1 Å². The Hall–Kier alpha value is -1.16. The molecule has 0 unspecified atom stereocenters. The highest BCUT2D eigenvalue weighted by atomic mass is 16.3. The molecule has 94 valence electrons. The Morgan fingerprint density at radius 1 is 1.29 bits per heavy atom. The van der Waals surface area contributed by atoms with Crippen LogP contribution in [0.25, 0.3) is 0 Å². The molecular formula is C13H21N3O. The first-order valence-corrected chi connectivity index (χ1v) is 6.46. The van der Waals surface area contributed by atoms with E-state index in [2.05, 4.69) is 29.1 Å². The fourth-order valence-corrected chi connectivity index (χ4v) is 2.41. The molecular weight excluding hydrogens is 214 g/mol. The van der Waals surface area contributed by atoms with Crippen molar-refractivity contribution >= 4 is 5.82 Å². The molecule has 1 aliphatic carbocycles. The van der Waals surface area contributed by atoms with E-state index < -0.39 is 0 Å². The minimum Gasteiger partial charge on any atom is -0.394 e. The normalized spacial score (nSPS) is 14.8. The van der Waals surface area contributed by atoms with E-state index in [9.17, 15) is 5.11 Å². The molecule has 1 heterocycles. The molecule has 2 N–H and O–H groups in total. The lowest BCUT2D eigenvalue weighted by atomic mass is 9.93. The Labute approximate surface area is 102 Å². The Balaban J connectivity index is 2.26. The first-order chi connectivity index (χ1) is 8.24. The highest BCUT2D eigenvalue weighted by Crippen LogP contribution is 2.29. The van der Waals surface area contributed by atoms with Crippen LogP contribution in [0, 0.1) is 0 Å². The number of rotatable bonds is 5. The Morgan fingerprint density at radius 3 is 2.71 bits per heavy atom. The molecule has 2 rings (SSSR count). The van der Waals surface area contributed by atoms with Gasteiger partial charge >= 0.3 is 0 Å². The van der Waals surface area contributed by atoms with Crippen LogP contribution in [0.5, 0.6) is 0 Å². The number of anilines is 1. The van der Waals surface area contributed by atoms with Crippen molar-refractivity contribution in [3.05, 3.63) is 17.6 Å². The summed E-state index contributed by atoms with van der Waals surface area (Å²) in [5.74, 6) is 0.922. The summed E-state index contributed by atoms with van der Waals surface area (Å²) in [4.78, 5) is 8.66. The first kappa shape index (κ1) is 12.3. The van der Waals surface area contributed by atoms with Gasteiger partial charge in [0.2, 0.25) is 0 Å². The van der Waals surface area contributed by atoms with Gasteiger partial charge in [0.25, 0.3) is 0 Å². The van der Waals surface area contributed by atoms with E-state index in [4.69, 9.17) is 0 Å². The molecule has 0 spiro atoms. The van der Waals surface area contributed by atoms with Crippen molar-refractivity contribution in [1.29, 1.82) is 0 Å². The van der Waals surface area contributed by atoms with E-state index >= 15 is 0 Å². The van der Waals surface area contributed by atoms with Crippen LogP contribution in [-0.2, 0) is 12.8 Å². The maximum absolute atomic E-state index is 9.58. The number of hydrogen-bond acceptors (Lipinski definition) is 4. The highest BCUT2D eigenvalue weighted by Gasteiger charge is 2.27. The van der Waals surface area contributed by atoms with Crippen LogP contribution in [0.4, 0.5) is 5.82 Å². The molecule has 4 nitrogen and oxygen atoms in total. The van der Waals surface area contributed by atoms with Gasteiger partial charge in [0.05, 0.1) is 12.1 Å². The lowest BCUT2D eigenvalue weighted by molar-refractivity contribution is 0.202. The number of aromatic nitrogens is 2. The smallest absolute Gasteiger partial charge is 0.133 e. The zero-order chi connectivity index (χ0) is 12.3. The molecule has 4 heteroatoms. The fraction of sp³-hybridized carbons (Fsp3) is 0.692. The van der Waals surface area contributed by atoms with Crippen LogP contribution in [0.3, 0.4) is 0 Å². The maximum Gasteiger partial charge on any atom is 0.133 e. The second-order valence-electron chi connectivity index (χ2n) is 4.77. The summed E-state index contributed by atoms with van der Waals surface area (Å²) in [7, 11) is 0. The first-order valence-electron chi connectivity index (χ1n) is 6.46. The standard InChI is InChI=1S/C13H21N3O/c1-3-13(4-2,8-17)16-12-10-6-5-7-11(10)14-9-15-12/h9,17H,3-8H2,1-2H3,(H,14,15,16).